The first kappa shape index (κ1) is 11.2. The molecule has 80 valence electrons. The number of hydrogen-bond donors (Lipinski definition) is 1. The van der Waals surface area contributed by atoms with Gasteiger partial charge in [-0.3, -0.25) is 9.59 Å². The molecule has 5 nitrogen and oxygen atoms in total. The van der Waals surface area contributed by atoms with Gasteiger partial charge in [0.1, 0.15) is 5.82 Å². The molecular formula is C10H12N2O3. The molecule has 0 aromatic carbocycles. The lowest BCUT2D eigenvalue weighted by molar-refractivity contribution is -0.144. The van der Waals surface area contributed by atoms with Crippen LogP contribution in [0, 0.1) is 6.92 Å². The smallest absolute Gasteiger partial charge is 0.303 e. The number of anilines is 1. The number of hydrogen-bond acceptors (Lipinski definition) is 4. The molecule has 0 saturated carbocycles. The zero-order chi connectivity index (χ0) is 11.3. The molecule has 15 heavy (non-hydrogen) atoms. The SMILES string of the molecule is CC(=O)OCC(=O)Nc1cc(C)ccn1. The van der Waals surface area contributed by atoms with Crippen LogP contribution in [-0.4, -0.2) is 23.5 Å². The highest BCUT2D eigenvalue weighted by molar-refractivity contribution is 5.91. The summed E-state index contributed by atoms with van der Waals surface area (Å²) in [6.07, 6.45) is 1.59. The van der Waals surface area contributed by atoms with Gasteiger partial charge in [0, 0.05) is 13.1 Å². The molecule has 1 aromatic rings. The molecule has 0 aliphatic rings. The summed E-state index contributed by atoms with van der Waals surface area (Å²) in [5, 5.41) is 2.51. The highest BCUT2D eigenvalue weighted by Gasteiger charge is 2.04. The molecule has 0 unspecified atom stereocenters. The van der Waals surface area contributed by atoms with Gasteiger partial charge in [-0.2, -0.15) is 0 Å². The van der Waals surface area contributed by atoms with Gasteiger partial charge in [0.2, 0.25) is 0 Å². The first-order chi connectivity index (χ1) is 7.08. The molecular weight excluding hydrogens is 196 g/mol. The first-order valence-electron chi connectivity index (χ1n) is 4.44. The molecule has 1 aromatic heterocycles. The summed E-state index contributed by atoms with van der Waals surface area (Å²) in [4.78, 5) is 25.6. The second-order valence-corrected chi connectivity index (χ2v) is 3.05. The van der Waals surface area contributed by atoms with E-state index >= 15 is 0 Å². The van der Waals surface area contributed by atoms with Crippen molar-refractivity contribution in [2.45, 2.75) is 13.8 Å². The molecule has 1 N–H and O–H groups in total. The highest BCUT2D eigenvalue weighted by Crippen LogP contribution is 2.04. The molecule has 0 radical (unpaired) electrons. The molecule has 0 aliphatic heterocycles. The fourth-order valence-corrected chi connectivity index (χ4v) is 0.951. The second kappa shape index (κ2) is 5.09. The minimum Gasteiger partial charge on any atom is -0.456 e. The third-order valence-electron chi connectivity index (χ3n) is 1.59. The number of ether oxygens (including phenoxy) is 1. The third-order valence-corrected chi connectivity index (χ3v) is 1.59. The van der Waals surface area contributed by atoms with E-state index in [0.29, 0.717) is 5.82 Å². The highest BCUT2D eigenvalue weighted by atomic mass is 16.5. The molecule has 0 saturated heterocycles. The number of aromatic nitrogens is 1. The molecule has 0 aliphatic carbocycles. The summed E-state index contributed by atoms with van der Waals surface area (Å²) in [6.45, 7) is 2.85. The Kier molecular flexibility index (Phi) is 3.79. The predicted molar refractivity (Wildman–Crippen MR) is 54.2 cm³/mol. The van der Waals surface area contributed by atoms with E-state index in [4.69, 9.17) is 0 Å². The number of nitrogens with one attached hydrogen (secondary N) is 1. The summed E-state index contributed by atoms with van der Waals surface area (Å²) in [5.74, 6) is -0.433. The molecule has 1 rings (SSSR count). The molecule has 0 bridgehead atoms. The number of esters is 1. The number of carbonyl (C=O) groups excluding carboxylic acids is 2. The van der Waals surface area contributed by atoms with Crippen molar-refractivity contribution in [1.29, 1.82) is 0 Å². The molecule has 5 heteroatoms. The number of rotatable bonds is 3. The van der Waals surface area contributed by atoms with Crippen molar-refractivity contribution in [3.8, 4) is 0 Å². The van der Waals surface area contributed by atoms with Crippen LogP contribution in [0.5, 0.6) is 0 Å². The summed E-state index contributed by atoms with van der Waals surface area (Å²) < 4.78 is 4.53. The lowest BCUT2D eigenvalue weighted by Crippen LogP contribution is -2.20. The normalized spacial score (nSPS) is 9.47. The van der Waals surface area contributed by atoms with E-state index in [1.165, 1.54) is 6.92 Å². The monoisotopic (exact) mass is 208 g/mol. The Balaban J connectivity index is 2.48. The van der Waals surface area contributed by atoms with E-state index in [1.807, 2.05) is 13.0 Å². The minimum absolute atomic E-state index is 0.287. The third kappa shape index (κ3) is 4.21. The molecule has 1 heterocycles. The van der Waals surface area contributed by atoms with Crippen LogP contribution in [0.2, 0.25) is 0 Å². The van der Waals surface area contributed by atoms with Crippen LogP contribution in [0.25, 0.3) is 0 Å². The summed E-state index contributed by atoms with van der Waals surface area (Å²) >= 11 is 0. The van der Waals surface area contributed by atoms with Crippen LogP contribution in [-0.2, 0) is 14.3 Å². The van der Waals surface area contributed by atoms with Crippen molar-refractivity contribution in [3.63, 3.8) is 0 Å². The number of amides is 1. The van der Waals surface area contributed by atoms with E-state index < -0.39 is 11.9 Å². The lowest BCUT2D eigenvalue weighted by Gasteiger charge is -2.04. The van der Waals surface area contributed by atoms with Gasteiger partial charge in [-0.1, -0.05) is 0 Å². The summed E-state index contributed by atoms with van der Waals surface area (Å²) in [6, 6.07) is 3.55. The van der Waals surface area contributed by atoms with E-state index in [9.17, 15) is 9.59 Å². The Bertz CT molecular complexity index is 377. The van der Waals surface area contributed by atoms with Gasteiger partial charge >= 0.3 is 5.97 Å². The van der Waals surface area contributed by atoms with Gasteiger partial charge in [0.15, 0.2) is 6.61 Å². The number of aryl methyl sites for hydroxylation is 1. The van der Waals surface area contributed by atoms with Gasteiger partial charge in [-0.15, -0.1) is 0 Å². The van der Waals surface area contributed by atoms with Crippen LogP contribution in [0.15, 0.2) is 18.3 Å². The van der Waals surface area contributed by atoms with E-state index in [2.05, 4.69) is 15.0 Å². The summed E-state index contributed by atoms with van der Waals surface area (Å²) in [5.41, 5.74) is 0.993. The number of pyridine rings is 1. The fourth-order valence-electron chi connectivity index (χ4n) is 0.951. The van der Waals surface area contributed by atoms with Crippen LogP contribution in [0.4, 0.5) is 5.82 Å². The van der Waals surface area contributed by atoms with Crippen molar-refractivity contribution in [2.24, 2.45) is 0 Å². The van der Waals surface area contributed by atoms with Crippen molar-refractivity contribution in [3.05, 3.63) is 23.9 Å². The maximum atomic E-state index is 11.2. The molecule has 1 amide bonds. The minimum atomic E-state index is -0.484. The Labute approximate surface area is 87.5 Å². The fraction of sp³-hybridized carbons (Fsp3) is 0.300. The van der Waals surface area contributed by atoms with Crippen LogP contribution in [0.1, 0.15) is 12.5 Å². The first-order valence-corrected chi connectivity index (χ1v) is 4.44. The van der Waals surface area contributed by atoms with Gasteiger partial charge in [0.05, 0.1) is 0 Å². The van der Waals surface area contributed by atoms with Crippen LogP contribution >= 0.6 is 0 Å². The number of carbonyl (C=O) groups is 2. The van der Waals surface area contributed by atoms with E-state index in [0.717, 1.165) is 5.56 Å². The van der Waals surface area contributed by atoms with Gasteiger partial charge in [-0.05, 0) is 24.6 Å². The van der Waals surface area contributed by atoms with Crippen LogP contribution < -0.4 is 5.32 Å². The van der Waals surface area contributed by atoms with E-state index in [-0.39, 0.29) is 6.61 Å². The number of nitrogens with zero attached hydrogens (tertiary/aromatic N) is 1. The maximum Gasteiger partial charge on any atom is 0.303 e. The Morgan fingerprint density at radius 1 is 1.53 bits per heavy atom. The second-order valence-electron chi connectivity index (χ2n) is 3.05. The largest absolute Gasteiger partial charge is 0.456 e. The zero-order valence-corrected chi connectivity index (χ0v) is 8.61. The Hall–Kier alpha value is -1.91. The Morgan fingerprint density at radius 3 is 2.87 bits per heavy atom. The topological polar surface area (TPSA) is 68.3 Å². The average molecular weight is 208 g/mol. The van der Waals surface area contributed by atoms with Gasteiger partial charge in [0.25, 0.3) is 5.91 Å². The average Bonchev–Trinajstić information content (AvgIpc) is 2.15. The lowest BCUT2D eigenvalue weighted by atomic mass is 10.3. The van der Waals surface area contributed by atoms with Crippen molar-refractivity contribution in [2.75, 3.05) is 11.9 Å². The molecule has 0 spiro atoms. The zero-order valence-electron chi connectivity index (χ0n) is 8.61. The standard InChI is InChI=1S/C10H12N2O3/c1-7-3-4-11-9(5-7)12-10(14)6-15-8(2)13/h3-5H,6H2,1-2H3,(H,11,12,14). The van der Waals surface area contributed by atoms with Crippen molar-refractivity contribution in [1.82, 2.24) is 4.98 Å². The Morgan fingerprint density at radius 2 is 2.27 bits per heavy atom. The quantitative estimate of drug-likeness (QED) is 0.749. The van der Waals surface area contributed by atoms with Gasteiger partial charge in [-0.25, -0.2) is 4.98 Å². The molecule has 0 fully saturated rings. The van der Waals surface area contributed by atoms with Crippen molar-refractivity contribution < 1.29 is 14.3 Å². The van der Waals surface area contributed by atoms with Crippen LogP contribution in [0.3, 0.4) is 0 Å². The predicted octanol–water partition coefficient (Wildman–Crippen LogP) is 0.892. The summed E-state index contributed by atoms with van der Waals surface area (Å²) in [7, 11) is 0. The molecule has 0 atom stereocenters. The van der Waals surface area contributed by atoms with E-state index in [1.54, 1.807) is 12.3 Å². The van der Waals surface area contributed by atoms with Gasteiger partial charge < -0.3 is 10.1 Å². The van der Waals surface area contributed by atoms with Crippen molar-refractivity contribution >= 4 is 17.7 Å². The maximum absolute atomic E-state index is 11.2.